The number of hydrogen-bond acceptors (Lipinski definition) is 5. The molecule has 6 nitrogen and oxygen atoms in total. The van der Waals surface area contributed by atoms with E-state index in [4.69, 9.17) is 0 Å². The fourth-order valence-corrected chi connectivity index (χ4v) is 5.71. The third-order valence-corrected chi connectivity index (χ3v) is 6.40. The number of hydrogen-bond donors (Lipinski definition) is 1. The van der Waals surface area contributed by atoms with Gasteiger partial charge >= 0.3 is 0 Å². The topological polar surface area (TPSA) is 75.2 Å². The van der Waals surface area contributed by atoms with Crippen molar-refractivity contribution < 1.29 is 9.00 Å². The van der Waals surface area contributed by atoms with Crippen molar-refractivity contribution in [1.29, 1.82) is 0 Å². The fraction of sp³-hybridized carbons (Fsp3) is 0.150. The van der Waals surface area contributed by atoms with E-state index >= 15 is 0 Å². The Morgan fingerprint density at radius 2 is 1.86 bits per heavy atom. The quantitative estimate of drug-likeness (QED) is 0.496. The Kier molecular flexibility index (Phi) is 7.15. The summed E-state index contributed by atoms with van der Waals surface area (Å²) in [4.78, 5) is 22.9. The van der Waals surface area contributed by atoms with Crippen molar-refractivity contribution in [1.82, 2.24) is 9.97 Å². The molecule has 1 aromatic carbocycles. The minimum atomic E-state index is -1.52. The van der Waals surface area contributed by atoms with Gasteiger partial charge in [0.15, 0.2) is 0 Å². The molecule has 0 saturated heterocycles. The first-order valence-corrected chi connectivity index (χ1v) is 11.5. The molecule has 2 heterocycles. The van der Waals surface area contributed by atoms with Crippen LogP contribution in [0.2, 0.25) is 0 Å². The number of nitrogens with one attached hydrogen (secondary N) is 1. The van der Waals surface area contributed by atoms with Crippen LogP contribution in [-0.4, -0.2) is 34.2 Å². The first-order chi connectivity index (χ1) is 13.9. The molecule has 2 aromatic heterocycles. The zero-order chi connectivity index (χ0) is 21.0. The van der Waals surface area contributed by atoms with E-state index in [-0.39, 0.29) is 22.2 Å². The SMILES string of the molecule is CN(C)c1c(Br)cc(Br)cc1CS(=O)c1ncccc1C(=O)Nc1ccncc1. The average molecular weight is 538 g/mol. The molecule has 3 aromatic rings. The first-order valence-electron chi connectivity index (χ1n) is 8.57. The van der Waals surface area contributed by atoms with Crippen molar-refractivity contribution in [3.05, 3.63) is 75.1 Å². The number of nitrogens with zero attached hydrogens (tertiary/aromatic N) is 3. The fourth-order valence-electron chi connectivity index (χ4n) is 2.82. The van der Waals surface area contributed by atoms with Crippen LogP contribution in [0.25, 0.3) is 0 Å². The predicted molar refractivity (Wildman–Crippen MR) is 123 cm³/mol. The zero-order valence-electron chi connectivity index (χ0n) is 15.7. The van der Waals surface area contributed by atoms with Crippen LogP contribution in [0.1, 0.15) is 15.9 Å². The van der Waals surface area contributed by atoms with Gasteiger partial charge in [0.25, 0.3) is 5.91 Å². The molecule has 0 fully saturated rings. The summed E-state index contributed by atoms with van der Waals surface area (Å²) in [5.41, 5.74) is 2.69. The molecule has 150 valence electrons. The number of benzene rings is 1. The molecule has 1 amide bonds. The molecule has 0 bridgehead atoms. The number of anilines is 2. The molecule has 0 aliphatic heterocycles. The number of carbonyl (C=O) groups excluding carboxylic acids is 1. The summed E-state index contributed by atoms with van der Waals surface area (Å²) in [6.07, 6.45) is 4.72. The molecule has 1 unspecified atom stereocenters. The van der Waals surface area contributed by atoms with Gasteiger partial charge in [0.05, 0.1) is 27.8 Å². The standard InChI is InChI=1S/C20H18Br2N4O2S/c1-26(2)18-13(10-14(21)11-17(18)22)12-29(28)20-16(4-3-7-24-20)19(27)25-15-5-8-23-9-6-15/h3-11H,12H2,1-2H3,(H,23,25,27). The molecular weight excluding hydrogens is 520 g/mol. The molecule has 3 rings (SSSR count). The summed E-state index contributed by atoms with van der Waals surface area (Å²) in [7, 11) is 2.33. The molecule has 0 aliphatic carbocycles. The highest BCUT2D eigenvalue weighted by atomic mass is 79.9. The van der Waals surface area contributed by atoms with Crippen molar-refractivity contribution in [2.24, 2.45) is 0 Å². The Morgan fingerprint density at radius 3 is 2.55 bits per heavy atom. The first kappa shape index (κ1) is 21.6. The second kappa shape index (κ2) is 9.60. The van der Waals surface area contributed by atoms with Crippen LogP contribution in [-0.2, 0) is 16.6 Å². The maximum Gasteiger partial charge on any atom is 0.258 e. The van der Waals surface area contributed by atoms with Gasteiger partial charge in [-0.3, -0.25) is 14.0 Å². The van der Waals surface area contributed by atoms with E-state index in [9.17, 15) is 9.00 Å². The van der Waals surface area contributed by atoms with E-state index in [2.05, 4.69) is 47.1 Å². The van der Waals surface area contributed by atoms with Crippen molar-refractivity contribution in [3.8, 4) is 0 Å². The van der Waals surface area contributed by atoms with Gasteiger partial charge in [-0.1, -0.05) is 15.9 Å². The minimum Gasteiger partial charge on any atom is -0.376 e. The molecule has 29 heavy (non-hydrogen) atoms. The lowest BCUT2D eigenvalue weighted by molar-refractivity contribution is 0.102. The highest BCUT2D eigenvalue weighted by molar-refractivity contribution is 9.11. The van der Waals surface area contributed by atoms with Crippen LogP contribution in [0.15, 0.2) is 69.0 Å². The van der Waals surface area contributed by atoms with Crippen molar-refractivity contribution >= 4 is 59.9 Å². The van der Waals surface area contributed by atoms with Crippen molar-refractivity contribution in [3.63, 3.8) is 0 Å². The van der Waals surface area contributed by atoms with Crippen LogP contribution >= 0.6 is 31.9 Å². The van der Waals surface area contributed by atoms with Crippen LogP contribution < -0.4 is 10.2 Å². The van der Waals surface area contributed by atoms with Crippen LogP contribution in [0, 0.1) is 0 Å². The average Bonchev–Trinajstić information content (AvgIpc) is 2.67. The van der Waals surface area contributed by atoms with Crippen molar-refractivity contribution in [2.75, 3.05) is 24.3 Å². The summed E-state index contributed by atoms with van der Waals surface area (Å²) in [6.45, 7) is 0. The number of rotatable bonds is 6. The smallest absolute Gasteiger partial charge is 0.258 e. The summed E-state index contributed by atoms with van der Waals surface area (Å²) in [5.74, 6) is -0.145. The van der Waals surface area contributed by atoms with Gasteiger partial charge < -0.3 is 10.2 Å². The number of aromatic nitrogens is 2. The van der Waals surface area contributed by atoms with Crippen molar-refractivity contribution in [2.45, 2.75) is 10.8 Å². The molecule has 0 spiro atoms. The Bertz CT molecular complexity index is 1060. The van der Waals surface area contributed by atoms with Gasteiger partial charge in [0.2, 0.25) is 0 Å². The predicted octanol–water partition coefficient (Wildman–Crippen LogP) is 4.63. The van der Waals surface area contributed by atoms with E-state index in [1.165, 1.54) is 0 Å². The summed E-state index contributed by atoms with van der Waals surface area (Å²) in [6, 6.07) is 10.5. The molecular formula is C20H18Br2N4O2S. The van der Waals surface area contributed by atoms with E-state index in [1.807, 2.05) is 31.1 Å². The maximum atomic E-state index is 13.2. The summed E-state index contributed by atoms with van der Waals surface area (Å²) in [5, 5.41) is 3.04. The van der Waals surface area contributed by atoms with Gasteiger partial charge in [-0.15, -0.1) is 0 Å². The van der Waals surface area contributed by atoms with Gasteiger partial charge in [-0.25, -0.2) is 4.98 Å². The van der Waals surface area contributed by atoms with E-state index in [1.54, 1.807) is 42.9 Å². The second-order valence-electron chi connectivity index (χ2n) is 6.33. The zero-order valence-corrected chi connectivity index (χ0v) is 19.7. The molecule has 0 radical (unpaired) electrons. The lowest BCUT2D eigenvalue weighted by atomic mass is 10.2. The Morgan fingerprint density at radius 1 is 1.14 bits per heavy atom. The largest absolute Gasteiger partial charge is 0.376 e. The highest BCUT2D eigenvalue weighted by Gasteiger charge is 2.20. The van der Waals surface area contributed by atoms with E-state index in [0.717, 1.165) is 20.2 Å². The number of carbonyl (C=O) groups is 1. The summed E-state index contributed by atoms with van der Waals surface area (Å²) >= 11 is 7.05. The Balaban J connectivity index is 1.91. The molecule has 1 atom stereocenters. The van der Waals surface area contributed by atoms with Crippen LogP contribution in [0.5, 0.6) is 0 Å². The summed E-state index contributed by atoms with van der Waals surface area (Å²) < 4.78 is 15.0. The number of pyridine rings is 2. The lowest BCUT2D eigenvalue weighted by Gasteiger charge is -2.20. The monoisotopic (exact) mass is 536 g/mol. The lowest BCUT2D eigenvalue weighted by Crippen LogP contribution is -2.17. The van der Waals surface area contributed by atoms with E-state index < -0.39 is 10.8 Å². The van der Waals surface area contributed by atoms with Crippen LogP contribution in [0.3, 0.4) is 0 Å². The van der Waals surface area contributed by atoms with Gasteiger partial charge in [-0.05, 0) is 57.9 Å². The number of halogens is 2. The molecule has 1 N–H and O–H groups in total. The van der Waals surface area contributed by atoms with Gasteiger partial charge in [0, 0.05) is 47.3 Å². The highest BCUT2D eigenvalue weighted by Crippen LogP contribution is 2.34. The van der Waals surface area contributed by atoms with Gasteiger partial charge in [-0.2, -0.15) is 0 Å². The van der Waals surface area contributed by atoms with E-state index in [0.29, 0.717) is 5.69 Å². The third kappa shape index (κ3) is 5.29. The molecule has 0 saturated carbocycles. The third-order valence-electron chi connectivity index (χ3n) is 4.01. The Hall–Kier alpha value is -2.10. The van der Waals surface area contributed by atoms with Crippen LogP contribution in [0.4, 0.5) is 11.4 Å². The molecule has 0 aliphatic rings. The molecule has 9 heteroatoms. The minimum absolute atomic E-state index is 0.220. The second-order valence-corrected chi connectivity index (χ2v) is 9.46. The normalized spacial score (nSPS) is 11.7. The van der Waals surface area contributed by atoms with Gasteiger partial charge in [0.1, 0.15) is 5.03 Å². The Labute approximate surface area is 188 Å². The number of amides is 1. The maximum absolute atomic E-state index is 13.2.